The Morgan fingerprint density at radius 1 is 1.03 bits per heavy atom. The number of nitrogens with zero attached hydrogens (tertiary/aromatic N) is 2. The van der Waals surface area contributed by atoms with E-state index < -0.39 is 6.10 Å². The van der Waals surface area contributed by atoms with Crippen molar-refractivity contribution in [3.63, 3.8) is 0 Å². The van der Waals surface area contributed by atoms with Crippen molar-refractivity contribution >= 4 is 0 Å². The molecule has 0 amide bonds. The molecular weight excluding hydrogens is 395 g/mol. The number of hydrogen-bond acceptors (Lipinski definition) is 4. The Balaban J connectivity index is 1.61. The Bertz CT molecular complexity index is 901. The summed E-state index contributed by atoms with van der Waals surface area (Å²) in [7, 11) is 1.69. The fourth-order valence-electron chi connectivity index (χ4n) is 3.51. The molecule has 1 heterocycles. The summed E-state index contributed by atoms with van der Waals surface area (Å²) in [6.07, 6.45) is 2.19. The summed E-state index contributed by atoms with van der Waals surface area (Å²) in [5, 5.41) is 10.6. The molecule has 31 heavy (non-hydrogen) atoms. The zero-order valence-corrected chi connectivity index (χ0v) is 18.0. The number of para-hydroxylation sites is 1. The lowest BCUT2D eigenvalue weighted by Gasteiger charge is -2.26. The summed E-state index contributed by atoms with van der Waals surface area (Å²) in [6, 6.07) is 20.3. The van der Waals surface area contributed by atoms with E-state index >= 15 is 0 Å². The van der Waals surface area contributed by atoms with Crippen LogP contribution in [0.1, 0.15) is 17.7 Å². The van der Waals surface area contributed by atoms with E-state index in [1.165, 1.54) is 6.07 Å². The summed E-state index contributed by atoms with van der Waals surface area (Å²) in [4.78, 5) is 2.19. The summed E-state index contributed by atoms with van der Waals surface area (Å²) < 4.78 is 27.0. The summed E-state index contributed by atoms with van der Waals surface area (Å²) >= 11 is 0. The highest BCUT2D eigenvalue weighted by Crippen LogP contribution is 2.14. The standard InChI is InChI=1S/C25H31FN2O3/c1-30-16-8-14-27(19-23(29)20-31-24-11-3-2-4-12-24)18-22-10-7-15-28(22)17-21-9-5-6-13-25(21)26/h2-7,9-13,15,23,29H,8,14,16-20H2,1H3/t23-/m0/s1. The molecule has 0 spiro atoms. The average molecular weight is 427 g/mol. The zero-order chi connectivity index (χ0) is 21.9. The lowest BCUT2D eigenvalue weighted by atomic mass is 10.2. The molecule has 6 heteroatoms. The first-order valence-electron chi connectivity index (χ1n) is 10.6. The van der Waals surface area contributed by atoms with Gasteiger partial charge in [0.2, 0.25) is 0 Å². The Labute approximate surface area is 183 Å². The van der Waals surface area contributed by atoms with Crippen molar-refractivity contribution in [3.8, 4) is 5.75 Å². The van der Waals surface area contributed by atoms with Gasteiger partial charge in [-0.15, -0.1) is 0 Å². The average Bonchev–Trinajstić information content (AvgIpc) is 3.21. The minimum atomic E-state index is -0.627. The summed E-state index contributed by atoms with van der Waals surface area (Å²) in [5.74, 6) is 0.541. The van der Waals surface area contributed by atoms with Gasteiger partial charge in [-0.25, -0.2) is 4.39 Å². The predicted octanol–water partition coefficient (Wildman–Crippen LogP) is 3.95. The Kier molecular flexibility index (Phi) is 9.09. The number of aliphatic hydroxyl groups is 1. The molecule has 0 aliphatic heterocycles. The minimum absolute atomic E-state index is 0.201. The van der Waals surface area contributed by atoms with Crippen molar-refractivity contribution in [2.45, 2.75) is 25.6 Å². The van der Waals surface area contributed by atoms with Crippen LogP contribution in [0, 0.1) is 5.82 Å². The molecule has 5 nitrogen and oxygen atoms in total. The number of aromatic nitrogens is 1. The Morgan fingerprint density at radius 3 is 2.58 bits per heavy atom. The van der Waals surface area contributed by atoms with Gasteiger partial charge in [0, 0.05) is 50.8 Å². The van der Waals surface area contributed by atoms with E-state index in [2.05, 4.69) is 9.47 Å². The van der Waals surface area contributed by atoms with Crippen molar-refractivity contribution in [3.05, 3.63) is 90.0 Å². The third-order valence-corrected chi connectivity index (χ3v) is 5.09. The van der Waals surface area contributed by atoms with Crippen LogP contribution in [-0.2, 0) is 17.8 Å². The van der Waals surface area contributed by atoms with Crippen molar-refractivity contribution < 1.29 is 19.0 Å². The predicted molar refractivity (Wildman–Crippen MR) is 120 cm³/mol. The van der Waals surface area contributed by atoms with Gasteiger partial charge in [0.15, 0.2) is 0 Å². The molecule has 1 N–H and O–H groups in total. The zero-order valence-electron chi connectivity index (χ0n) is 18.0. The first kappa shape index (κ1) is 23.0. The third kappa shape index (κ3) is 7.51. The molecule has 2 aromatic carbocycles. The summed E-state index contributed by atoms with van der Waals surface area (Å²) in [5.41, 5.74) is 1.72. The number of benzene rings is 2. The molecule has 3 rings (SSSR count). The smallest absolute Gasteiger partial charge is 0.128 e. The maximum absolute atomic E-state index is 14.1. The number of aliphatic hydroxyl groups excluding tert-OH is 1. The fourth-order valence-corrected chi connectivity index (χ4v) is 3.51. The van der Waals surface area contributed by atoms with Crippen molar-refractivity contribution in [2.24, 2.45) is 0 Å². The van der Waals surface area contributed by atoms with Gasteiger partial charge in [0.05, 0.1) is 6.54 Å². The van der Waals surface area contributed by atoms with E-state index in [9.17, 15) is 9.50 Å². The van der Waals surface area contributed by atoms with Gasteiger partial charge in [-0.05, 0) is 36.8 Å². The highest BCUT2D eigenvalue weighted by atomic mass is 19.1. The van der Waals surface area contributed by atoms with Gasteiger partial charge < -0.3 is 19.1 Å². The van der Waals surface area contributed by atoms with E-state index in [-0.39, 0.29) is 12.4 Å². The van der Waals surface area contributed by atoms with Crippen LogP contribution in [0.2, 0.25) is 0 Å². The van der Waals surface area contributed by atoms with Crippen LogP contribution >= 0.6 is 0 Å². The van der Waals surface area contributed by atoms with Gasteiger partial charge in [0.25, 0.3) is 0 Å². The molecule has 166 valence electrons. The van der Waals surface area contributed by atoms with Gasteiger partial charge in [-0.1, -0.05) is 36.4 Å². The lowest BCUT2D eigenvalue weighted by molar-refractivity contribution is 0.0610. The first-order valence-corrected chi connectivity index (χ1v) is 10.6. The van der Waals surface area contributed by atoms with Crippen LogP contribution in [0.15, 0.2) is 72.9 Å². The molecule has 0 unspecified atom stereocenters. The van der Waals surface area contributed by atoms with Crippen molar-refractivity contribution in [1.82, 2.24) is 9.47 Å². The Hall–Kier alpha value is -2.67. The van der Waals surface area contributed by atoms with Crippen molar-refractivity contribution in [2.75, 3.05) is 33.4 Å². The van der Waals surface area contributed by atoms with Gasteiger partial charge >= 0.3 is 0 Å². The first-order chi connectivity index (χ1) is 15.2. The van der Waals surface area contributed by atoms with Gasteiger partial charge in [-0.3, -0.25) is 4.90 Å². The third-order valence-electron chi connectivity index (χ3n) is 5.09. The van der Waals surface area contributed by atoms with E-state index in [1.54, 1.807) is 19.2 Å². The lowest BCUT2D eigenvalue weighted by Crippen LogP contribution is -2.36. The second-order valence-electron chi connectivity index (χ2n) is 7.58. The van der Waals surface area contributed by atoms with Crippen molar-refractivity contribution in [1.29, 1.82) is 0 Å². The number of methoxy groups -OCH3 is 1. The number of ether oxygens (including phenoxy) is 2. The number of hydrogen-bond donors (Lipinski definition) is 1. The highest BCUT2D eigenvalue weighted by molar-refractivity contribution is 5.21. The maximum Gasteiger partial charge on any atom is 0.128 e. The SMILES string of the molecule is COCCCN(Cc1cccn1Cc1ccccc1F)C[C@H](O)COc1ccccc1. The molecule has 0 saturated carbocycles. The molecule has 1 atom stereocenters. The molecule has 0 saturated heterocycles. The number of rotatable bonds is 13. The molecule has 0 aliphatic rings. The quantitative estimate of drug-likeness (QED) is 0.421. The molecule has 0 radical (unpaired) electrons. The van der Waals surface area contributed by atoms with E-state index in [0.717, 1.165) is 24.4 Å². The van der Waals surface area contributed by atoms with Crippen LogP contribution in [0.25, 0.3) is 0 Å². The highest BCUT2D eigenvalue weighted by Gasteiger charge is 2.15. The van der Waals surface area contributed by atoms with Crippen LogP contribution in [0.4, 0.5) is 4.39 Å². The van der Waals surface area contributed by atoms with E-state index in [4.69, 9.17) is 9.47 Å². The van der Waals surface area contributed by atoms with Crippen LogP contribution in [0.5, 0.6) is 5.75 Å². The normalized spacial score (nSPS) is 12.3. The number of halogens is 1. The van der Waals surface area contributed by atoms with Gasteiger partial charge in [0.1, 0.15) is 24.3 Å². The molecule has 1 aromatic heterocycles. The minimum Gasteiger partial charge on any atom is -0.491 e. The molecule has 0 bridgehead atoms. The topological polar surface area (TPSA) is 46.9 Å². The van der Waals surface area contributed by atoms with E-state index in [1.807, 2.05) is 54.7 Å². The fraction of sp³-hybridized carbons (Fsp3) is 0.360. The molecular formula is C25H31FN2O3. The van der Waals surface area contributed by atoms with Crippen LogP contribution in [-0.4, -0.2) is 54.1 Å². The molecule has 3 aromatic rings. The largest absolute Gasteiger partial charge is 0.491 e. The maximum atomic E-state index is 14.1. The second kappa shape index (κ2) is 12.2. The van der Waals surface area contributed by atoms with Gasteiger partial charge in [-0.2, -0.15) is 0 Å². The summed E-state index contributed by atoms with van der Waals surface area (Å²) in [6.45, 7) is 3.25. The van der Waals surface area contributed by atoms with E-state index in [0.29, 0.717) is 31.8 Å². The van der Waals surface area contributed by atoms with Crippen LogP contribution < -0.4 is 4.74 Å². The second-order valence-corrected chi connectivity index (χ2v) is 7.58. The monoisotopic (exact) mass is 426 g/mol. The molecule has 0 aliphatic carbocycles. The molecule has 0 fully saturated rings. The Morgan fingerprint density at radius 2 is 1.81 bits per heavy atom. The van der Waals surface area contributed by atoms with Crippen LogP contribution in [0.3, 0.4) is 0 Å².